The molecule has 0 heterocycles. The van der Waals surface area contributed by atoms with Crippen molar-refractivity contribution >= 4 is 45.2 Å². The van der Waals surface area contributed by atoms with Crippen molar-refractivity contribution in [3.63, 3.8) is 0 Å². The lowest BCUT2D eigenvalue weighted by atomic mass is 10.1. The number of alkyl halides is 3. The summed E-state index contributed by atoms with van der Waals surface area (Å²) in [7, 11) is 0. The van der Waals surface area contributed by atoms with Crippen molar-refractivity contribution in [3.05, 3.63) is 75.2 Å². The van der Waals surface area contributed by atoms with Gasteiger partial charge in [-0.2, -0.15) is 18.4 Å². The average molecular weight is 486 g/mol. The van der Waals surface area contributed by atoms with Gasteiger partial charge in [0.25, 0.3) is 5.91 Å². The predicted molar refractivity (Wildman–Crippen MR) is 109 cm³/mol. The molecular formula is C20H13BrClF3N2O2. The summed E-state index contributed by atoms with van der Waals surface area (Å²) in [4.78, 5) is 12.5. The Morgan fingerprint density at radius 1 is 1.31 bits per heavy atom. The molecule has 0 aliphatic heterocycles. The van der Waals surface area contributed by atoms with E-state index in [2.05, 4.69) is 27.8 Å². The van der Waals surface area contributed by atoms with Crippen LogP contribution in [0.25, 0.3) is 6.08 Å². The van der Waals surface area contributed by atoms with E-state index < -0.39 is 17.6 Å². The van der Waals surface area contributed by atoms with E-state index in [-0.39, 0.29) is 22.9 Å². The van der Waals surface area contributed by atoms with Crippen LogP contribution in [0.2, 0.25) is 5.02 Å². The third-order valence-electron chi connectivity index (χ3n) is 3.54. The van der Waals surface area contributed by atoms with Crippen LogP contribution in [0.1, 0.15) is 11.1 Å². The van der Waals surface area contributed by atoms with Gasteiger partial charge in [-0.25, -0.2) is 0 Å². The third kappa shape index (κ3) is 6.11. The van der Waals surface area contributed by atoms with Gasteiger partial charge in [0.2, 0.25) is 0 Å². The number of nitrogens with one attached hydrogen (secondary N) is 1. The van der Waals surface area contributed by atoms with Crippen LogP contribution in [0.5, 0.6) is 5.75 Å². The van der Waals surface area contributed by atoms with Gasteiger partial charge in [-0.1, -0.05) is 40.2 Å². The minimum absolute atomic E-state index is 0.0962. The maximum absolute atomic E-state index is 12.9. The van der Waals surface area contributed by atoms with Crippen molar-refractivity contribution in [2.24, 2.45) is 0 Å². The molecule has 0 unspecified atom stereocenters. The number of nitrogens with zero attached hydrogens (tertiary/aromatic N) is 1. The molecule has 0 spiro atoms. The molecule has 0 aromatic heterocycles. The minimum Gasteiger partial charge on any atom is -0.489 e. The fourth-order valence-corrected chi connectivity index (χ4v) is 2.75. The second-order valence-electron chi connectivity index (χ2n) is 5.60. The molecule has 29 heavy (non-hydrogen) atoms. The quantitative estimate of drug-likeness (QED) is 0.300. The molecule has 0 aliphatic rings. The molecule has 0 aliphatic carbocycles. The minimum atomic E-state index is -4.61. The van der Waals surface area contributed by atoms with Crippen molar-refractivity contribution < 1.29 is 22.7 Å². The van der Waals surface area contributed by atoms with E-state index in [9.17, 15) is 23.2 Å². The molecule has 2 aromatic rings. The van der Waals surface area contributed by atoms with Gasteiger partial charge in [0.05, 0.1) is 16.3 Å². The van der Waals surface area contributed by atoms with Crippen LogP contribution < -0.4 is 10.1 Å². The lowest BCUT2D eigenvalue weighted by Crippen LogP contribution is -2.15. The van der Waals surface area contributed by atoms with Crippen molar-refractivity contribution in [2.75, 3.05) is 11.9 Å². The number of carbonyl (C=O) groups excluding carboxylic acids is 1. The zero-order valence-electron chi connectivity index (χ0n) is 14.7. The lowest BCUT2D eigenvalue weighted by Gasteiger charge is -2.12. The Hall–Kier alpha value is -2.76. The van der Waals surface area contributed by atoms with Gasteiger partial charge in [0, 0.05) is 10.0 Å². The number of hydrogen-bond donors (Lipinski definition) is 1. The number of halogens is 5. The fraction of sp³-hybridized carbons (Fsp3) is 0.100. The number of rotatable bonds is 6. The topological polar surface area (TPSA) is 62.1 Å². The van der Waals surface area contributed by atoms with Crippen LogP contribution in [0, 0.1) is 11.3 Å². The smallest absolute Gasteiger partial charge is 0.416 e. The number of nitriles is 1. The van der Waals surface area contributed by atoms with Gasteiger partial charge < -0.3 is 10.1 Å². The Bertz CT molecular complexity index is 1010. The van der Waals surface area contributed by atoms with Crippen molar-refractivity contribution in [2.45, 2.75) is 6.18 Å². The number of ether oxygens (including phenoxy) is 1. The lowest BCUT2D eigenvalue weighted by molar-refractivity contribution is -0.137. The first kappa shape index (κ1) is 22.5. The zero-order chi connectivity index (χ0) is 21.6. The normalized spacial score (nSPS) is 11.5. The number of amides is 1. The molecule has 9 heteroatoms. The van der Waals surface area contributed by atoms with E-state index in [0.717, 1.165) is 12.1 Å². The Balaban J connectivity index is 2.36. The van der Waals surface area contributed by atoms with Crippen LogP contribution in [0.3, 0.4) is 0 Å². The van der Waals surface area contributed by atoms with E-state index >= 15 is 0 Å². The van der Waals surface area contributed by atoms with E-state index in [1.807, 2.05) is 0 Å². The molecule has 0 saturated heterocycles. The number of carbonyl (C=O) groups is 1. The molecule has 0 bridgehead atoms. The monoisotopic (exact) mass is 484 g/mol. The number of hydrogen-bond acceptors (Lipinski definition) is 3. The summed E-state index contributed by atoms with van der Waals surface area (Å²) in [5.74, 6) is -0.519. The maximum Gasteiger partial charge on any atom is 0.416 e. The molecule has 0 radical (unpaired) electrons. The molecule has 4 nitrogen and oxygen atoms in total. The van der Waals surface area contributed by atoms with Gasteiger partial charge in [-0.15, -0.1) is 0 Å². The average Bonchev–Trinajstić information content (AvgIpc) is 2.66. The first-order chi connectivity index (χ1) is 13.7. The van der Waals surface area contributed by atoms with E-state index in [4.69, 9.17) is 16.3 Å². The highest BCUT2D eigenvalue weighted by Gasteiger charge is 2.31. The Morgan fingerprint density at radius 3 is 2.66 bits per heavy atom. The van der Waals surface area contributed by atoms with Gasteiger partial charge in [0.1, 0.15) is 24.0 Å². The number of benzene rings is 2. The second-order valence-corrected chi connectivity index (χ2v) is 6.92. The number of anilines is 1. The largest absolute Gasteiger partial charge is 0.489 e. The van der Waals surface area contributed by atoms with Gasteiger partial charge >= 0.3 is 6.18 Å². The summed E-state index contributed by atoms with van der Waals surface area (Å²) >= 11 is 9.17. The van der Waals surface area contributed by atoms with Crippen molar-refractivity contribution in [1.82, 2.24) is 0 Å². The highest BCUT2D eigenvalue weighted by Crippen LogP contribution is 2.34. The van der Waals surface area contributed by atoms with Crippen molar-refractivity contribution in [3.8, 4) is 11.8 Å². The first-order valence-corrected chi connectivity index (χ1v) is 9.16. The van der Waals surface area contributed by atoms with E-state index in [1.54, 1.807) is 24.3 Å². The maximum atomic E-state index is 12.9. The molecule has 0 fully saturated rings. The van der Waals surface area contributed by atoms with Crippen LogP contribution in [-0.4, -0.2) is 12.5 Å². The van der Waals surface area contributed by atoms with Crippen LogP contribution in [-0.2, 0) is 11.0 Å². The highest BCUT2D eigenvalue weighted by molar-refractivity contribution is 9.10. The zero-order valence-corrected chi connectivity index (χ0v) is 17.0. The van der Waals surface area contributed by atoms with Gasteiger partial charge in [-0.3, -0.25) is 4.79 Å². The third-order valence-corrected chi connectivity index (χ3v) is 4.36. The molecule has 2 rings (SSSR count). The van der Waals surface area contributed by atoms with Crippen LogP contribution >= 0.6 is 27.5 Å². The Kier molecular flexibility index (Phi) is 7.48. The van der Waals surface area contributed by atoms with Gasteiger partial charge in [-0.05, 0) is 42.5 Å². The molecule has 1 amide bonds. The molecule has 1 N–H and O–H groups in total. The molecule has 0 saturated carbocycles. The van der Waals surface area contributed by atoms with E-state index in [1.165, 1.54) is 12.2 Å². The summed E-state index contributed by atoms with van der Waals surface area (Å²) in [6.07, 6.45) is -1.81. The fourth-order valence-electron chi connectivity index (χ4n) is 2.20. The Morgan fingerprint density at radius 2 is 2.03 bits per heavy atom. The van der Waals surface area contributed by atoms with E-state index in [0.29, 0.717) is 21.9 Å². The predicted octanol–water partition coefficient (Wildman–Crippen LogP) is 6.23. The molecular weight excluding hydrogens is 473 g/mol. The highest BCUT2D eigenvalue weighted by atomic mass is 79.9. The van der Waals surface area contributed by atoms with Crippen LogP contribution in [0.15, 0.2) is 59.1 Å². The first-order valence-electron chi connectivity index (χ1n) is 7.99. The SMILES string of the molecule is C=CCOc1ccc(Br)cc1C=C(C#N)C(=O)Nc1cc(C(F)(F)F)ccc1Cl. The van der Waals surface area contributed by atoms with Gasteiger partial charge in [0.15, 0.2) is 0 Å². The molecule has 2 aromatic carbocycles. The summed E-state index contributed by atoms with van der Waals surface area (Å²) in [5.41, 5.74) is -1.17. The summed E-state index contributed by atoms with van der Waals surface area (Å²) in [5, 5.41) is 11.5. The summed E-state index contributed by atoms with van der Waals surface area (Å²) < 4.78 is 44.8. The van der Waals surface area contributed by atoms with Crippen LogP contribution in [0.4, 0.5) is 18.9 Å². The second kappa shape index (κ2) is 9.63. The Labute approximate surface area is 178 Å². The summed E-state index contributed by atoms with van der Waals surface area (Å²) in [6, 6.07) is 9.22. The summed E-state index contributed by atoms with van der Waals surface area (Å²) in [6.45, 7) is 3.75. The standard InChI is InChI=1S/C20H13BrClF3N2O2/c1-2-7-29-18-6-4-15(21)9-12(18)8-13(11-26)19(28)27-17-10-14(20(23,24)25)3-5-16(17)22/h2-6,8-10H,1,7H2,(H,27,28). The molecule has 150 valence electrons. The molecule has 0 atom stereocenters. The van der Waals surface area contributed by atoms with Crippen molar-refractivity contribution in [1.29, 1.82) is 5.26 Å².